The van der Waals surface area contributed by atoms with Crippen LogP contribution in [0.2, 0.25) is 0 Å². The maximum Gasteiger partial charge on any atom is 0.227 e. The Labute approximate surface area is 182 Å². The summed E-state index contributed by atoms with van der Waals surface area (Å²) in [6, 6.07) is 6.04. The van der Waals surface area contributed by atoms with Crippen LogP contribution in [0.5, 0.6) is 5.75 Å². The van der Waals surface area contributed by atoms with Crippen LogP contribution in [-0.2, 0) is 14.3 Å². The van der Waals surface area contributed by atoms with Gasteiger partial charge in [0, 0.05) is 29.1 Å². The molecule has 7 heteroatoms. The van der Waals surface area contributed by atoms with Gasteiger partial charge in [0.25, 0.3) is 0 Å². The lowest BCUT2D eigenvalue weighted by molar-refractivity contribution is -0.142. The summed E-state index contributed by atoms with van der Waals surface area (Å²) in [7, 11) is 0. The van der Waals surface area contributed by atoms with E-state index in [-0.39, 0.29) is 48.5 Å². The average Bonchev–Trinajstić information content (AvgIpc) is 3.33. The third-order valence-corrected chi connectivity index (χ3v) is 7.38. The zero-order valence-electron chi connectivity index (χ0n) is 17.8. The van der Waals surface area contributed by atoms with E-state index in [1.165, 1.54) is 12.8 Å². The predicted octanol–water partition coefficient (Wildman–Crippen LogP) is 2.87. The Morgan fingerprint density at radius 2 is 1.90 bits per heavy atom. The van der Waals surface area contributed by atoms with E-state index >= 15 is 0 Å². The highest BCUT2D eigenvalue weighted by atomic mass is 16.6. The summed E-state index contributed by atoms with van der Waals surface area (Å²) in [6.07, 6.45) is 7.46. The molecule has 5 rings (SSSR count). The van der Waals surface area contributed by atoms with Crippen molar-refractivity contribution in [2.45, 2.75) is 88.1 Å². The lowest BCUT2D eigenvalue weighted by atomic mass is 9.83. The second-order valence-corrected chi connectivity index (χ2v) is 9.53. The first-order valence-electron chi connectivity index (χ1n) is 11.8. The van der Waals surface area contributed by atoms with E-state index in [2.05, 4.69) is 10.6 Å². The minimum absolute atomic E-state index is 0.0210. The van der Waals surface area contributed by atoms with Crippen LogP contribution in [0.25, 0.3) is 0 Å². The Morgan fingerprint density at radius 1 is 1.10 bits per heavy atom. The number of carbonyl (C=O) groups excluding carboxylic acids is 2. The van der Waals surface area contributed by atoms with Gasteiger partial charge in [-0.15, -0.1) is 0 Å². The zero-order valence-corrected chi connectivity index (χ0v) is 17.8. The first kappa shape index (κ1) is 20.8. The van der Waals surface area contributed by atoms with Gasteiger partial charge in [0.15, 0.2) is 0 Å². The highest BCUT2D eigenvalue weighted by Crippen LogP contribution is 2.47. The number of rotatable bonds is 6. The third-order valence-electron chi connectivity index (χ3n) is 7.38. The van der Waals surface area contributed by atoms with Crippen molar-refractivity contribution in [2.75, 3.05) is 11.9 Å². The fourth-order valence-electron chi connectivity index (χ4n) is 5.45. The number of nitrogens with one attached hydrogen (secondary N) is 2. The van der Waals surface area contributed by atoms with Crippen molar-refractivity contribution in [3.8, 4) is 5.75 Å². The number of hydrogen-bond donors (Lipinski definition) is 3. The summed E-state index contributed by atoms with van der Waals surface area (Å²) in [5.74, 6) is 1.04. The number of amides is 2. The zero-order chi connectivity index (χ0) is 21.4. The third kappa shape index (κ3) is 4.30. The van der Waals surface area contributed by atoms with Crippen molar-refractivity contribution in [3.05, 3.63) is 23.8 Å². The quantitative estimate of drug-likeness (QED) is 0.647. The number of fused-ring (bicyclic) bond motifs is 3. The fraction of sp³-hybridized carbons (Fsp3) is 0.667. The van der Waals surface area contributed by atoms with Crippen LogP contribution in [0.1, 0.15) is 69.3 Å². The normalized spacial score (nSPS) is 30.1. The second-order valence-electron chi connectivity index (χ2n) is 9.53. The van der Waals surface area contributed by atoms with E-state index in [4.69, 9.17) is 9.47 Å². The molecular formula is C24H32N2O5. The molecule has 3 fully saturated rings. The molecule has 0 spiro atoms. The van der Waals surface area contributed by atoms with Crippen LogP contribution in [0.4, 0.5) is 5.69 Å². The maximum absolute atomic E-state index is 12.5. The van der Waals surface area contributed by atoms with E-state index in [0.29, 0.717) is 12.8 Å². The van der Waals surface area contributed by atoms with E-state index in [1.807, 2.05) is 18.2 Å². The summed E-state index contributed by atoms with van der Waals surface area (Å²) in [4.78, 5) is 24.9. The number of carbonyl (C=O) groups is 2. The van der Waals surface area contributed by atoms with Gasteiger partial charge in [0.2, 0.25) is 11.8 Å². The molecule has 168 valence electrons. The molecule has 2 aliphatic heterocycles. The van der Waals surface area contributed by atoms with Crippen molar-refractivity contribution in [3.63, 3.8) is 0 Å². The molecule has 3 N–H and O–H groups in total. The van der Waals surface area contributed by atoms with Gasteiger partial charge < -0.3 is 25.2 Å². The van der Waals surface area contributed by atoms with E-state index in [0.717, 1.165) is 49.1 Å². The molecular weight excluding hydrogens is 396 g/mol. The Kier molecular flexibility index (Phi) is 5.89. The fourth-order valence-corrected chi connectivity index (χ4v) is 5.45. The molecule has 0 unspecified atom stereocenters. The van der Waals surface area contributed by atoms with Gasteiger partial charge >= 0.3 is 0 Å². The number of ether oxygens (including phenoxy) is 2. The summed E-state index contributed by atoms with van der Waals surface area (Å²) < 4.78 is 12.2. The van der Waals surface area contributed by atoms with Crippen molar-refractivity contribution < 1.29 is 24.2 Å². The van der Waals surface area contributed by atoms with E-state index < -0.39 is 6.10 Å². The van der Waals surface area contributed by atoms with Crippen molar-refractivity contribution in [2.24, 2.45) is 5.92 Å². The molecule has 1 saturated heterocycles. The van der Waals surface area contributed by atoms with Gasteiger partial charge in [-0.25, -0.2) is 0 Å². The summed E-state index contributed by atoms with van der Waals surface area (Å²) in [5, 5.41) is 16.1. The molecule has 2 amide bonds. The number of hydrogen-bond acceptors (Lipinski definition) is 5. The second kappa shape index (κ2) is 8.79. The number of benzene rings is 1. The molecule has 1 aromatic carbocycles. The van der Waals surface area contributed by atoms with Crippen LogP contribution in [0.3, 0.4) is 0 Å². The number of aliphatic hydroxyl groups is 1. The van der Waals surface area contributed by atoms with Crippen LogP contribution in [0, 0.1) is 5.92 Å². The Morgan fingerprint density at radius 3 is 2.61 bits per heavy atom. The molecule has 0 radical (unpaired) electrons. The van der Waals surface area contributed by atoms with Gasteiger partial charge in [0.05, 0.1) is 19.1 Å². The minimum Gasteiger partial charge on any atom is -0.487 e. The van der Waals surface area contributed by atoms with Crippen LogP contribution in [0.15, 0.2) is 18.2 Å². The Bertz CT molecular complexity index is 833. The average molecular weight is 429 g/mol. The van der Waals surface area contributed by atoms with Gasteiger partial charge in [-0.05, 0) is 50.3 Å². The van der Waals surface area contributed by atoms with Crippen LogP contribution < -0.4 is 15.4 Å². The van der Waals surface area contributed by atoms with Crippen LogP contribution >= 0.6 is 0 Å². The lowest BCUT2D eigenvalue weighted by Crippen LogP contribution is -2.47. The molecule has 0 bridgehead atoms. The monoisotopic (exact) mass is 428 g/mol. The van der Waals surface area contributed by atoms with E-state index in [9.17, 15) is 14.7 Å². The Hall–Kier alpha value is -2.12. The van der Waals surface area contributed by atoms with Gasteiger partial charge in [-0.2, -0.15) is 0 Å². The molecule has 2 aliphatic carbocycles. The standard InChI is InChI=1S/C24H32N2O5/c27-13-21-23-19(11-17(30-21)12-22(28)25-15-6-1-2-7-15)18-10-16(8-9-20(18)31-23)26-24(29)14-4-3-5-14/h8-10,14-15,17,19,21,23,27H,1-7,11-13H2,(H,25,28)(H,26,29)/t17-,19-,21-,23+/m0/s1. The lowest BCUT2D eigenvalue weighted by Gasteiger charge is -2.37. The van der Waals surface area contributed by atoms with Crippen molar-refractivity contribution >= 4 is 17.5 Å². The van der Waals surface area contributed by atoms with Crippen molar-refractivity contribution in [1.29, 1.82) is 0 Å². The van der Waals surface area contributed by atoms with Gasteiger partial charge in [0.1, 0.15) is 18.0 Å². The summed E-state index contributed by atoms with van der Waals surface area (Å²) >= 11 is 0. The Balaban J connectivity index is 1.27. The smallest absolute Gasteiger partial charge is 0.227 e. The number of aliphatic hydroxyl groups excluding tert-OH is 1. The first-order chi connectivity index (χ1) is 15.1. The maximum atomic E-state index is 12.5. The summed E-state index contributed by atoms with van der Waals surface area (Å²) in [6.45, 7) is -0.152. The SMILES string of the molecule is O=C(C[C@@H]1C[C@H]2c3cc(NC(=O)C4CCC4)ccc3O[C@H]2[C@H](CO)O1)NC1CCCC1. The molecule has 0 aromatic heterocycles. The predicted molar refractivity (Wildman–Crippen MR) is 115 cm³/mol. The highest BCUT2D eigenvalue weighted by molar-refractivity contribution is 5.93. The molecule has 1 aromatic rings. The highest BCUT2D eigenvalue weighted by Gasteiger charge is 2.46. The van der Waals surface area contributed by atoms with Crippen LogP contribution in [-0.4, -0.2) is 47.9 Å². The molecule has 4 aliphatic rings. The first-order valence-corrected chi connectivity index (χ1v) is 11.8. The number of anilines is 1. The van der Waals surface area contributed by atoms with Crippen molar-refractivity contribution in [1.82, 2.24) is 5.32 Å². The molecule has 2 heterocycles. The van der Waals surface area contributed by atoms with Gasteiger partial charge in [-0.3, -0.25) is 9.59 Å². The molecule has 2 saturated carbocycles. The summed E-state index contributed by atoms with van der Waals surface area (Å²) in [5.41, 5.74) is 1.81. The molecule has 4 atom stereocenters. The van der Waals surface area contributed by atoms with E-state index in [1.54, 1.807) is 0 Å². The minimum atomic E-state index is -0.469. The topological polar surface area (TPSA) is 96.9 Å². The molecule has 7 nitrogen and oxygen atoms in total. The largest absolute Gasteiger partial charge is 0.487 e. The van der Waals surface area contributed by atoms with Gasteiger partial charge in [-0.1, -0.05) is 19.3 Å². The molecule has 31 heavy (non-hydrogen) atoms.